The minimum Gasteiger partial charge on any atom is -0.391 e. The topological polar surface area (TPSA) is 49.3 Å². The molecule has 1 amide bonds. The Morgan fingerprint density at radius 1 is 0.913 bits per heavy atom. The van der Waals surface area contributed by atoms with E-state index < -0.39 is 6.10 Å². The molecule has 0 saturated carbocycles. The molecule has 0 unspecified atom stereocenters. The van der Waals surface area contributed by atoms with Gasteiger partial charge in [-0.2, -0.15) is 0 Å². The molecule has 0 aromatic heterocycles. The third-order valence-electron chi connectivity index (χ3n) is 3.85. The van der Waals surface area contributed by atoms with Gasteiger partial charge in [-0.1, -0.05) is 66.7 Å². The summed E-state index contributed by atoms with van der Waals surface area (Å²) in [5, 5.41) is 14.9. The number of benzene rings is 3. The second-order valence-corrected chi connectivity index (χ2v) is 5.58. The van der Waals surface area contributed by atoms with E-state index in [1.807, 2.05) is 66.7 Å². The molecule has 0 bridgehead atoms. The van der Waals surface area contributed by atoms with Crippen molar-refractivity contribution in [3.63, 3.8) is 0 Å². The van der Waals surface area contributed by atoms with Gasteiger partial charge in [0, 0.05) is 18.5 Å². The smallest absolute Gasteiger partial charge is 0.252 e. The summed E-state index contributed by atoms with van der Waals surface area (Å²) in [5.41, 5.74) is 1.69. The molecule has 2 N–H and O–H groups in total. The molecular formula is C20H19NO2. The van der Waals surface area contributed by atoms with Crippen LogP contribution in [0.5, 0.6) is 0 Å². The lowest BCUT2D eigenvalue weighted by atomic mass is 10.0. The van der Waals surface area contributed by atoms with Crippen molar-refractivity contribution in [1.82, 2.24) is 5.32 Å². The quantitative estimate of drug-likeness (QED) is 0.760. The molecule has 0 spiro atoms. The van der Waals surface area contributed by atoms with E-state index in [1.54, 1.807) is 6.07 Å². The van der Waals surface area contributed by atoms with Gasteiger partial charge in [0.25, 0.3) is 5.91 Å². The van der Waals surface area contributed by atoms with Crippen LogP contribution in [-0.2, 0) is 6.42 Å². The highest BCUT2D eigenvalue weighted by Crippen LogP contribution is 2.18. The predicted molar refractivity (Wildman–Crippen MR) is 92.4 cm³/mol. The summed E-state index contributed by atoms with van der Waals surface area (Å²) in [7, 11) is 0. The van der Waals surface area contributed by atoms with Crippen molar-refractivity contribution in [3.8, 4) is 0 Å². The van der Waals surface area contributed by atoms with Gasteiger partial charge in [-0.15, -0.1) is 0 Å². The van der Waals surface area contributed by atoms with E-state index in [2.05, 4.69) is 5.32 Å². The van der Waals surface area contributed by atoms with Gasteiger partial charge in [-0.25, -0.2) is 0 Å². The number of carbonyl (C=O) groups excluding carboxylic acids is 1. The summed E-state index contributed by atoms with van der Waals surface area (Å²) >= 11 is 0. The standard InChI is InChI=1S/C20H19NO2/c22-17(13-15-7-2-1-3-8-15)14-21-20(23)19-12-6-10-16-9-4-5-11-18(16)19/h1-12,17,22H,13-14H2,(H,21,23)/t17-/m1/s1. The normalized spacial score (nSPS) is 12.0. The van der Waals surface area contributed by atoms with Crippen molar-refractivity contribution in [1.29, 1.82) is 0 Å². The van der Waals surface area contributed by atoms with Crippen molar-refractivity contribution in [2.24, 2.45) is 0 Å². The van der Waals surface area contributed by atoms with E-state index in [4.69, 9.17) is 0 Å². The Morgan fingerprint density at radius 2 is 1.61 bits per heavy atom. The molecule has 0 heterocycles. The fraction of sp³-hybridized carbons (Fsp3) is 0.150. The number of amides is 1. The molecule has 0 aliphatic rings. The lowest BCUT2D eigenvalue weighted by molar-refractivity contribution is 0.0917. The van der Waals surface area contributed by atoms with Crippen LogP contribution in [0.3, 0.4) is 0 Å². The Morgan fingerprint density at radius 3 is 2.43 bits per heavy atom. The van der Waals surface area contributed by atoms with Gasteiger partial charge in [0.1, 0.15) is 0 Å². The van der Waals surface area contributed by atoms with Gasteiger partial charge in [-0.3, -0.25) is 4.79 Å². The molecule has 0 radical (unpaired) electrons. The first-order valence-electron chi connectivity index (χ1n) is 7.72. The molecule has 3 rings (SSSR count). The summed E-state index contributed by atoms with van der Waals surface area (Å²) in [6, 6.07) is 23.2. The molecule has 3 heteroatoms. The van der Waals surface area contributed by atoms with Crippen molar-refractivity contribution >= 4 is 16.7 Å². The van der Waals surface area contributed by atoms with Gasteiger partial charge in [0.15, 0.2) is 0 Å². The first-order valence-corrected chi connectivity index (χ1v) is 7.72. The minimum absolute atomic E-state index is 0.158. The van der Waals surface area contributed by atoms with Crippen LogP contribution in [-0.4, -0.2) is 23.7 Å². The molecule has 3 nitrogen and oxygen atoms in total. The van der Waals surface area contributed by atoms with E-state index in [1.165, 1.54) is 0 Å². The number of nitrogens with one attached hydrogen (secondary N) is 1. The van der Waals surface area contributed by atoms with E-state index in [9.17, 15) is 9.90 Å². The molecule has 3 aromatic carbocycles. The van der Waals surface area contributed by atoms with Crippen LogP contribution in [0.4, 0.5) is 0 Å². The number of hydrogen-bond acceptors (Lipinski definition) is 2. The van der Waals surface area contributed by atoms with E-state index in [0.717, 1.165) is 16.3 Å². The SMILES string of the molecule is O=C(NC[C@H](O)Cc1ccccc1)c1cccc2ccccc12. The lowest BCUT2D eigenvalue weighted by Crippen LogP contribution is -2.33. The van der Waals surface area contributed by atoms with Crippen molar-refractivity contribution in [2.45, 2.75) is 12.5 Å². The molecule has 0 aliphatic carbocycles. The maximum absolute atomic E-state index is 12.4. The highest BCUT2D eigenvalue weighted by Gasteiger charge is 2.12. The van der Waals surface area contributed by atoms with Crippen LogP contribution in [0.25, 0.3) is 10.8 Å². The van der Waals surface area contributed by atoms with Crippen LogP contribution < -0.4 is 5.32 Å². The zero-order valence-corrected chi connectivity index (χ0v) is 12.8. The van der Waals surface area contributed by atoms with E-state index in [-0.39, 0.29) is 12.5 Å². The fourth-order valence-electron chi connectivity index (χ4n) is 2.69. The molecule has 1 atom stereocenters. The second-order valence-electron chi connectivity index (χ2n) is 5.58. The van der Waals surface area contributed by atoms with Crippen LogP contribution in [0.2, 0.25) is 0 Å². The summed E-state index contributed by atoms with van der Waals surface area (Å²) < 4.78 is 0. The molecule has 3 aromatic rings. The summed E-state index contributed by atoms with van der Waals surface area (Å²) in [4.78, 5) is 12.4. The van der Waals surface area contributed by atoms with Crippen molar-refractivity contribution < 1.29 is 9.90 Å². The number of rotatable bonds is 5. The van der Waals surface area contributed by atoms with E-state index in [0.29, 0.717) is 12.0 Å². The second kappa shape index (κ2) is 7.07. The maximum atomic E-state index is 12.4. The molecule has 0 aliphatic heterocycles. The first-order chi connectivity index (χ1) is 11.2. The van der Waals surface area contributed by atoms with Gasteiger partial charge in [-0.05, 0) is 22.4 Å². The average molecular weight is 305 g/mol. The average Bonchev–Trinajstić information content (AvgIpc) is 2.60. The van der Waals surface area contributed by atoms with Gasteiger partial charge < -0.3 is 10.4 Å². The Balaban J connectivity index is 1.65. The Labute approximate surface area is 135 Å². The largest absolute Gasteiger partial charge is 0.391 e. The zero-order valence-electron chi connectivity index (χ0n) is 12.8. The zero-order chi connectivity index (χ0) is 16.1. The van der Waals surface area contributed by atoms with Crippen molar-refractivity contribution in [2.75, 3.05) is 6.54 Å². The number of hydrogen-bond donors (Lipinski definition) is 2. The highest BCUT2D eigenvalue weighted by molar-refractivity contribution is 6.06. The molecule has 0 fully saturated rings. The van der Waals surface area contributed by atoms with Gasteiger partial charge >= 0.3 is 0 Å². The van der Waals surface area contributed by atoms with Crippen LogP contribution in [0, 0.1) is 0 Å². The van der Waals surface area contributed by atoms with Crippen molar-refractivity contribution in [3.05, 3.63) is 83.9 Å². The molecule has 23 heavy (non-hydrogen) atoms. The third kappa shape index (κ3) is 3.76. The third-order valence-corrected chi connectivity index (χ3v) is 3.85. The number of aliphatic hydroxyl groups excluding tert-OH is 1. The summed E-state index contributed by atoms with van der Waals surface area (Å²) in [5.74, 6) is -0.158. The number of aliphatic hydroxyl groups is 1. The van der Waals surface area contributed by atoms with Gasteiger partial charge in [0.05, 0.1) is 6.10 Å². The molecule has 116 valence electrons. The van der Waals surface area contributed by atoms with Crippen LogP contribution >= 0.6 is 0 Å². The lowest BCUT2D eigenvalue weighted by Gasteiger charge is -2.13. The maximum Gasteiger partial charge on any atom is 0.252 e. The summed E-state index contributed by atoms with van der Waals surface area (Å²) in [6.45, 7) is 0.233. The molecular weight excluding hydrogens is 286 g/mol. The molecule has 0 saturated heterocycles. The summed E-state index contributed by atoms with van der Waals surface area (Å²) in [6.07, 6.45) is -0.0762. The number of fused-ring (bicyclic) bond motifs is 1. The number of carbonyl (C=O) groups is 1. The monoisotopic (exact) mass is 305 g/mol. The fourth-order valence-corrected chi connectivity index (χ4v) is 2.69. The highest BCUT2D eigenvalue weighted by atomic mass is 16.3. The Bertz CT molecular complexity index is 794. The van der Waals surface area contributed by atoms with Crippen LogP contribution in [0.1, 0.15) is 15.9 Å². The van der Waals surface area contributed by atoms with E-state index >= 15 is 0 Å². The van der Waals surface area contributed by atoms with Crippen LogP contribution in [0.15, 0.2) is 72.8 Å². The Kier molecular flexibility index (Phi) is 4.69. The van der Waals surface area contributed by atoms with Gasteiger partial charge in [0.2, 0.25) is 0 Å². The minimum atomic E-state index is -0.601. The first kappa shape index (κ1) is 15.3. The Hall–Kier alpha value is -2.65. The predicted octanol–water partition coefficient (Wildman–Crippen LogP) is 3.17.